The van der Waals surface area contributed by atoms with Crippen molar-refractivity contribution in [3.05, 3.63) is 64.1 Å². The van der Waals surface area contributed by atoms with E-state index in [1.807, 2.05) is 38.2 Å². The van der Waals surface area contributed by atoms with Crippen LogP contribution in [-0.2, 0) is 0 Å². The van der Waals surface area contributed by atoms with Crippen LogP contribution in [0.25, 0.3) is 0 Å². The van der Waals surface area contributed by atoms with Crippen LogP contribution in [0.2, 0.25) is 0 Å². The SMILES string of the molecule is BC(c1ccc(Br)cc1)c1ccc(OC)cc1.CN(C)C. The molecule has 0 radical (unpaired) electrons. The summed E-state index contributed by atoms with van der Waals surface area (Å²) >= 11 is 3.45. The maximum Gasteiger partial charge on any atom is 0.118 e. The predicted molar refractivity (Wildman–Crippen MR) is 97.1 cm³/mol. The third-order valence-electron chi connectivity index (χ3n) is 2.99. The summed E-state index contributed by atoms with van der Waals surface area (Å²) in [5, 5.41) is 0. The van der Waals surface area contributed by atoms with E-state index in [0.29, 0.717) is 5.82 Å². The monoisotopic (exact) mass is 347 g/mol. The van der Waals surface area contributed by atoms with Crippen LogP contribution in [0.5, 0.6) is 5.75 Å². The van der Waals surface area contributed by atoms with Crippen molar-refractivity contribution in [2.75, 3.05) is 28.3 Å². The highest BCUT2D eigenvalue weighted by atomic mass is 79.9. The third kappa shape index (κ3) is 6.36. The van der Waals surface area contributed by atoms with E-state index < -0.39 is 0 Å². The van der Waals surface area contributed by atoms with Crippen molar-refractivity contribution < 1.29 is 4.74 Å². The van der Waals surface area contributed by atoms with Gasteiger partial charge < -0.3 is 9.64 Å². The zero-order valence-electron chi connectivity index (χ0n) is 13.4. The van der Waals surface area contributed by atoms with E-state index in [0.717, 1.165) is 10.2 Å². The lowest BCUT2D eigenvalue weighted by Crippen LogP contribution is -2.00. The molecule has 21 heavy (non-hydrogen) atoms. The molecular formula is C17H23BBrNO. The smallest absolute Gasteiger partial charge is 0.118 e. The first-order valence-corrected chi connectivity index (χ1v) is 7.73. The molecule has 2 nitrogen and oxygen atoms in total. The summed E-state index contributed by atoms with van der Waals surface area (Å²) in [7, 11) is 9.90. The lowest BCUT2D eigenvalue weighted by atomic mass is 9.76. The number of rotatable bonds is 3. The third-order valence-corrected chi connectivity index (χ3v) is 3.51. The van der Waals surface area contributed by atoms with Crippen LogP contribution in [0.4, 0.5) is 0 Å². The van der Waals surface area contributed by atoms with Gasteiger partial charge in [-0.3, -0.25) is 0 Å². The molecule has 0 N–H and O–H groups in total. The van der Waals surface area contributed by atoms with Crippen molar-refractivity contribution in [2.45, 2.75) is 5.82 Å². The van der Waals surface area contributed by atoms with Crippen LogP contribution >= 0.6 is 15.9 Å². The summed E-state index contributed by atoms with van der Waals surface area (Å²) in [6, 6.07) is 16.7. The maximum atomic E-state index is 5.16. The van der Waals surface area contributed by atoms with E-state index in [1.165, 1.54) is 11.1 Å². The van der Waals surface area contributed by atoms with E-state index in [1.54, 1.807) is 7.11 Å². The second kappa shape index (κ2) is 8.91. The van der Waals surface area contributed by atoms with Gasteiger partial charge in [0.15, 0.2) is 0 Å². The Hall–Kier alpha value is -1.26. The fraction of sp³-hybridized carbons (Fsp3) is 0.294. The molecule has 0 heterocycles. The topological polar surface area (TPSA) is 12.5 Å². The van der Waals surface area contributed by atoms with Crippen LogP contribution in [0.1, 0.15) is 16.9 Å². The summed E-state index contributed by atoms with van der Waals surface area (Å²) in [5.41, 5.74) is 2.62. The molecular weight excluding hydrogens is 325 g/mol. The van der Waals surface area contributed by atoms with Gasteiger partial charge >= 0.3 is 0 Å². The molecule has 0 aromatic heterocycles. The van der Waals surface area contributed by atoms with E-state index in [4.69, 9.17) is 4.74 Å². The van der Waals surface area contributed by atoms with Gasteiger partial charge in [0.2, 0.25) is 0 Å². The number of methoxy groups -OCH3 is 1. The minimum absolute atomic E-state index is 0.397. The summed E-state index contributed by atoms with van der Waals surface area (Å²) in [4.78, 5) is 2.00. The lowest BCUT2D eigenvalue weighted by molar-refractivity contribution is 0.414. The van der Waals surface area contributed by atoms with Crippen molar-refractivity contribution in [1.82, 2.24) is 4.90 Å². The second-order valence-electron chi connectivity index (χ2n) is 5.39. The highest BCUT2D eigenvalue weighted by molar-refractivity contribution is 9.10. The molecule has 0 aliphatic heterocycles. The molecule has 2 aromatic carbocycles. The largest absolute Gasteiger partial charge is 0.497 e. The highest BCUT2D eigenvalue weighted by Crippen LogP contribution is 2.24. The summed E-state index contributed by atoms with van der Waals surface area (Å²) in [6.07, 6.45) is 0. The van der Waals surface area contributed by atoms with Crippen LogP contribution in [0, 0.1) is 0 Å². The lowest BCUT2D eigenvalue weighted by Gasteiger charge is -2.13. The standard InChI is InChI=1S/C14H14BBrO.C3H9N/c1-17-13-8-4-11(5-9-13)14(15)10-2-6-12(16)7-3-10;1-4(2)3/h2-9,14H,15H2,1H3;1-3H3. The summed E-state index contributed by atoms with van der Waals surface area (Å²) in [6.45, 7) is 0. The molecule has 2 rings (SSSR count). The molecule has 4 heteroatoms. The molecule has 0 aliphatic rings. The molecule has 0 saturated heterocycles. The second-order valence-corrected chi connectivity index (χ2v) is 6.30. The van der Waals surface area contributed by atoms with Gasteiger partial charge in [0.25, 0.3) is 0 Å². The Balaban J connectivity index is 0.000000491. The van der Waals surface area contributed by atoms with Gasteiger partial charge in [0, 0.05) is 4.47 Å². The zero-order chi connectivity index (χ0) is 15.8. The van der Waals surface area contributed by atoms with Gasteiger partial charge in [-0.1, -0.05) is 40.2 Å². The summed E-state index contributed by atoms with van der Waals surface area (Å²) in [5.74, 6) is 1.30. The maximum absolute atomic E-state index is 5.16. The van der Waals surface area contributed by atoms with Crippen LogP contribution in [0.15, 0.2) is 53.0 Å². The van der Waals surface area contributed by atoms with Crippen LogP contribution in [-0.4, -0.2) is 41.0 Å². The average Bonchev–Trinajstić information content (AvgIpc) is 2.47. The van der Waals surface area contributed by atoms with Crippen LogP contribution in [0.3, 0.4) is 0 Å². The average molecular weight is 348 g/mol. The molecule has 0 bridgehead atoms. The number of nitrogens with zero attached hydrogens (tertiary/aromatic N) is 1. The highest BCUT2D eigenvalue weighted by Gasteiger charge is 2.08. The van der Waals surface area contributed by atoms with Gasteiger partial charge in [-0.05, 0) is 62.4 Å². The number of hydrogen-bond donors (Lipinski definition) is 0. The van der Waals surface area contributed by atoms with E-state index >= 15 is 0 Å². The number of benzene rings is 2. The first-order valence-electron chi connectivity index (χ1n) is 6.94. The molecule has 1 atom stereocenters. The predicted octanol–water partition coefficient (Wildman–Crippen LogP) is 3.36. The van der Waals surface area contributed by atoms with Gasteiger partial charge in [0.1, 0.15) is 13.6 Å². The van der Waals surface area contributed by atoms with Gasteiger partial charge in [-0.25, -0.2) is 0 Å². The van der Waals surface area contributed by atoms with Crippen molar-refractivity contribution in [2.24, 2.45) is 0 Å². The summed E-state index contributed by atoms with van der Waals surface area (Å²) < 4.78 is 6.28. The Kier molecular flexibility index (Phi) is 7.55. The first-order chi connectivity index (χ1) is 9.93. The quantitative estimate of drug-likeness (QED) is 0.789. The normalized spacial score (nSPS) is 11.5. The van der Waals surface area contributed by atoms with E-state index in [9.17, 15) is 0 Å². The van der Waals surface area contributed by atoms with Gasteiger partial charge in [0.05, 0.1) is 7.11 Å². The van der Waals surface area contributed by atoms with Gasteiger partial charge in [-0.2, -0.15) is 0 Å². The first kappa shape index (κ1) is 17.8. The van der Waals surface area contributed by atoms with Crippen LogP contribution < -0.4 is 4.74 Å². The van der Waals surface area contributed by atoms with Crippen molar-refractivity contribution in [3.63, 3.8) is 0 Å². The molecule has 0 fully saturated rings. The number of halogens is 1. The number of hydrogen-bond acceptors (Lipinski definition) is 2. The molecule has 0 spiro atoms. The molecule has 1 unspecified atom stereocenters. The molecule has 2 aromatic rings. The van der Waals surface area contributed by atoms with Gasteiger partial charge in [-0.15, -0.1) is 0 Å². The number of ether oxygens (including phenoxy) is 1. The Morgan fingerprint density at radius 1 is 0.905 bits per heavy atom. The Morgan fingerprint density at radius 2 is 1.29 bits per heavy atom. The van der Waals surface area contributed by atoms with Crippen molar-refractivity contribution in [3.8, 4) is 5.75 Å². The molecule has 112 valence electrons. The fourth-order valence-corrected chi connectivity index (χ4v) is 2.10. The minimum atomic E-state index is 0.397. The zero-order valence-corrected chi connectivity index (χ0v) is 15.0. The van der Waals surface area contributed by atoms with E-state index in [-0.39, 0.29) is 0 Å². The van der Waals surface area contributed by atoms with E-state index in [2.05, 4.69) is 60.2 Å². The molecule has 0 saturated carbocycles. The van der Waals surface area contributed by atoms with Crippen molar-refractivity contribution in [1.29, 1.82) is 0 Å². The Bertz CT molecular complexity index is 523. The Morgan fingerprint density at radius 3 is 1.67 bits per heavy atom. The van der Waals surface area contributed by atoms with Crippen molar-refractivity contribution >= 4 is 23.8 Å². The molecule has 0 amide bonds. The fourth-order valence-electron chi connectivity index (χ4n) is 1.84. The molecule has 0 aliphatic carbocycles. The minimum Gasteiger partial charge on any atom is -0.497 e. The Labute approximate surface area is 137 Å².